The molecule has 0 aliphatic rings. The maximum Gasteiger partial charge on any atom is 0.408 e. The zero-order valence-corrected chi connectivity index (χ0v) is 16.2. The predicted molar refractivity (Wildman–Crippen MR) is 94.9 cm³/mol. The van der Waals surface area contributed by atoms with Gasteiger partial charge in [0.1, 0.15) is 5.60 Å². The van der Waals surface area contributed by atoms with E-state index >= 15 is 0 Å². The van der Waals surface area contributed by atoms with E-state index in [2.05, 4.69) is 5.32 Å². The number of carbonyl (C=O) groups excluding carboxylic acids is 1. The summed E-state index contributed by atoms with van der Waals surface area (Å²) < 4.78 is 5.10. The van der Waals surface area contributed by atoms with Crippen LogP contribution >= 0.6 is 23.2 Å². The minimum atomic E-state index is -1.41. The van der Waals surface area contributed by atoms with E-state index in [1.807, 2.05) is 20.8 Å². The molecule has 1 aromatic carbocycles. The molecule has 7 heteroatoms. The number of carboxylic acid groups (broad SMARTS) is 1. The standard InChI is InChI=1S/C17H23Cl2NO4/c1-16(2,3)9-7-10(18)12(11(19)8-9)13(14(21)22)20-15(23)24-17(4,5)6/h7-8,13H,1-6H3,(H,20,23)(H,21,22). The van der Waals surface area contributed by atoms with Crippen molar-refractivity contribution in [2.75, 3.05) is 0 Å². The molecule has 1 unspecified atom stereocenters. The van der Waals surface area contributed by atoms with Gasteiger partial charge in [0.25, 0.3) is 0 Å². The van der Waals surface area contributed by atoms with Gasteiger partial charge in [-0.05, 0) is 43.9 Å². The summed E-state index contributed by atoms with van der Waals surface area (Å²) in [6.45, 7) is 11.0. The largest absolute Gasteiger partial charge is 0.479 e. The smallest absolute Gasteiger partial charge is 0.408 e. The third-order valence-corrected chi connectivity index (χ3v) is 3.77. The Morgan fingerprint density at radius 2 is 1.54 bits per heavy atom. The molecule has 0 saturated heterocycles. The van der Waals surface area contributed by atoms with Gasteiger partial charge in [0.05, 0.1) is 0 Å². The van der Waals surface area contributed by atoms with Gasteiger partial charge in [-0.15, -0.1) is 0 Å². The van der Waals surface area contributed by atoms with Crippen molar-refractivity contribution in [3.63, 3.8) is 0 Å². The molecule has 0 spiro atoms. The van der Waals surface area contributed by atoms with Crippen LogP contribution in [0.5, 0.6) is 0 Å². The summed E-state index contributed by atoms with van der Waals surface area (Å²) in [4.78, 5) is 23.5. The molecule has 0 saturated carbocycles. The summed E-state index contributed by atoms with van der Waals surface area (Å²) in [5, 5.41) is 12.1. The highest BCUT2D eigenvalue weighted by atomic mass is 35.5. The monoisotopic (exact) mass is 375 g/mol. The Hall–Kier alpha value is -1.46. The van der Waals surface area contributed by atoms with Gasteiger partial charge in [-0.1, -0.05) is 44.0 Å². The number of halogens is 2. The summed E-state index contributed by atoms with van der Waals surface area (Å²) >= 11 is 12.5. The lowest BCUT2D eigenvalue weighted by molar-refractivity contribution is -0.139. The van der Waals surface area contributed by atoms with Gasteiger partial charge >= 0.3 is 12.1 Å². The van der Waals surface area contributed by atoms with E-state index in [-0.39, 0.29) is 21.0 Å². The first-order valence-corrected chi connectivity index (χ1v) is 8.19. The molecule has 134 valence electrons. The minimum Gasteiger partial charge on any atom is -0.479 e. The molecule has 0 fully saturated rings. The lowest BCUT2D eigenvalue weighted by Crippen LogP contribution is -2.38. The third kappa shape index (κ3) is 5.56. The van der Waals surface area contributed by atoms with Gasteiger partial charge in [-0.3, -0.25) is 0 Å². The van der Waals surface area contributed by atoms with Crippen LogP contribution < -0.4 is 5.32 Å². The number of hydrogen-bond acceptors (Lipinski definition) is 3. The summed E-state index contributed by atoms with van der Waals surface area (Å²) in [5.74, 6) is -1.28. The van der Waals surface area contributed by atoms with Gasteiger partial charge in [0.2, 0.25) is 0 Å². The number of carbonyl (C=O) groups is 2. The fourth-order valence-electron chi connectivity index (χ4n) is 1.98. The molecular formula is C17H23Cl2NO4. The van der Waals surface area contributed by atoms with Crippen molar-refractivity contribution in [1.82, 2.24) is 5.32 Å². The molecule has 5 nitrogen and oxygen atoms in total. The SMILES string of the molecule is CC(C)(C)OC(=O)NC(C(=O)O)c1c(Cl)cc(C(C)(C)C)cc1Cl. The number of rotatable bonds is 3. The Morgan fingerprint density at radius 3 is 1.88 bits per heavy atom. The summed E-state index contributed by atoms with van der Waals surface area (Å²) in [6, 6.07) is 1.92. The maximum absolute atomic E-state index is 11.9. The van der Waals surface area contributed by atoms with E-state index < -0.39 is 23.7 Å². The van der Waals surface area contributed by atoms with E-state index in [0.29, 0.717) is 0 Å². The predicted octanol–water partition coefficient (Wildman–Crippen LogP) is 4.94. The molecule has 0 aliphatic carbocycles. The number of nitrogens with one attached hydrogen (secondary N) is 1. The molecule has 0 radical (unpaired) electrons. The molecule has 1 aromatic rings. The molecular weight excluding hydrogens is 353 g/mol. The summed E-state index contributed by atoms with van der Waals surface area (Å²) in [5.41, 5.74) is 0.0345. The van der Waals surface area contributed by atoms with E-state index in [4.69, 9.17) is 27.9 Å². The highest BCUT2D eigenvalue weighted by Crippen LogP contribution is 2.36. The van der Waals surface area contributed by atoms with Crippen LogP contribution in [0.4, 0.5) is 4.79 Å². The Labute approximate surface area is 152 Å². The maximum atomic E-state index is 11.9. The first kappa shape index (κ1) is 20.6. The van der Waals surface area contributed by atoms with Gasteiger partial charge in [0, 0.05) is 15.6 Å². The second kappa shape index (κ2) is 7.19. The van der Waals surface area contributed by atoms with Crippen LogP contribution in [-0.4, -0.2) is 22.8 Å². The highest BCUT2D eigenvalue weighted by Gasteiger charge is 2.30. The van der Waals surface area contributed by atoms with E-state index in [9.17, 15) is 14.7 Å². The molecule has 2 N–H and O–H groups in total. The first-order valence-electron chi connectivity index (χ1n) is 7.44. The molecule has 0 bridgehead atoms. The number of alkyl carbamates (subject to hydrolysis) is 1. The number of ether oxygens (including phenoxy) is 1. The molecule has 1 amide bonds. The Kier molecular flexibility index (Phi) is 6.17. The topological polar surface area (TPSA) is 75.6 Å². The minimum absolute atomic E-state index is 0.129. The van der Waals surface area contributed by atoms with Gasteiger partial charge in [0.15, 0.2) is 6.04 Å². The van der Waals surface area contributed by atoms with Crippen molar-refractivity contribution < 1.29 is 19.4 Å². The van der Waals surface area contributed by atoms with Crippen LogP contribution in [0.15, 0.2) is 12.1 Å². The number of aliphatic carboxylic acids is 1. The number of hydrogen-bond donors (Lipinski definition) is 2. The summed E-state index contributed by atoms with van der Waals surface area (Å²) in [7, 11) is 0. The van der Waals surface area contributed by atoms with Crippen molar-refractivity contribution in [1.29, 1.82) is 0 Å². The lowest BCUT2D eigenvalue weighted by atomic mass is 9.86. The van der Waals surface area contributed by atoms with E-state index in [1.54, 1.807) is 32.9 Å². The molecule has 0 aromatic heterocycles. The quantitative estimate of drug-likeness (QED) is 0.783. The summed E-state index contributed by atoms with van der Waals surface area (Å²) in [6.07, 6.45) is -0.859. The fraction of sp³-hybridized carbons (Fsp3) is 0.529. The lowest BCUT2D eigenvalue weighted by Gasteiger charge is -2.25. The van der Waals surface area contributed by atoms with Crippen LogP contribution in [0.1, 0.15) is 58.7 Å². The van der Waals surface area contributed by atoms with Crippen LogP contribution in [0.2, 0.25) is 10.0 Å². The van der Waals surface area contributed by atoms with Gasteiger partial charge in [-0.2, -0.15) is 0 Å². The second-order valence-electron chi connectivity index (χ2n) is 7.52. The van der Waals surface area contributed by atoms with Crippen LogP contribution in [0.3, 0.4) is 0 Å². The zero-order chi connectivity index (χ0) is 18.9. The number of amides is 1. The van der Waals surface area contributed by atoms with Crippen molar-refractivity contribution in [2.45, 2.75) is 58.6 Å². The number of benzene rings is 1. The average molecular weight is 376 g/mol. The Morgan fingerprint density at radius 1 is 1.08 bits per heavy atom. The normalized spacial score (nSPS) is 13.3. The van der Waals surface area contributed by atoms with E-state index in [1.165, 1.54) is 0 Å². The highest BCUT2D eigenvalue weighted by molar-refractivity contribution is 6.36. The van der Waals surface area contributed by atoms with Gasteiger partial charge < -0.3 is 15.2 Å². The van der Waals surface area contributed by atoms with Crippen molar-refractivity contribution >= 4 is 35.3 Å². The fourth-order valence-corrected chi connectivity index (χ4v) is 2.68. The molecule has 1 rings (SSSR count). The third-order valence-electron chi connectivity index (χ3n) is 3.14. The molecule has 0 heterocycles. The Bertz CT molecular complexity index is 622. The van der Waals surface area contributed by atoms with Crippen LogP contribution in [-0.2, 0) is 14.9 Å². The zero-order valence-electron chi connectivity index (χ0n) is 14.7. The molecule has 0 aliphatic heterocycles. The van der Waals surface area contributed by atoms with Crippen molar-refractivity contribution in [3.8, 4) is 0 Å². The average Bonchev–Trinajstić information content (AvgIpc) is 2.32. The van der Waals surface area contributed by atoms with Crippen molar-refractivity contribution in [2.24, 2.45) is 0 Å². The van der Waals surface area contributed by atoms with E-state index in [0.717, 1.165) is 5.56 Å². The van der Waals surface area contributed by atoms with Crippen LogP contribution in [0.25, 0.3) is 0 Å². The molecule has 1 atom stereocenters. The first-order chi connectivity index (χ1) is 10.7. The number of carboxylic acids is 1. The second-order valence-corrected chi connectivity index (χ2v) is 8.34. The Balaban J connectivity index is 3.23. The van der Waals surface area contributed by atoms with Gasteiger partial charge in [-0.25, -0.2) is 9.59 Å². The molecule has 24 heavy (non-hydrogen) atoms. The van der Waals surface area contributed by atoms with Crippen molar-refractivity contribution in [3.05, 3.63) is 33.3 Å². The van der Waals surface area contributed by atoms with Crippen LogP contribution in [0, 0.1) is 0 Å².